The van der Waals surface area contributed by atoms with E-state index in [1.54, 1.807) is 0 Å². The van der Waals surface area contributed by atoms with E-state index in [0.717, 1.165) is 10.2 Å². The SMILES string of the molecule is Cc1cc2nc(NC(=O)C(C)(C)CCl)sc2cc1C. The van der Waals surface area contributed by atoms with E-state index in [1.165, 1.54) is 22.5 Å². The van der Waals surface area contributed by atoms with Gasteiger partial charge < -0.3 is 5.32 Å². The number of fused-ring (bicyclic) bond motifs is 1. The molecule has 3 nitrogen and oxygen atoms in total. The molecule has 0 aliphatic rings. The molecule has 5 heteroatoms. The number of nitrogens with zero attached hydrogens (tertiary/aromatic N) is 1. The summed E-state index contributed by atoms with van der Waals surface area (Å²) in [4.78, 5) is 16.5. The lowest BCUT2D eigenvalue weighted by Crippen LogP contribution is -2.32. The van der Waals surface area contributed by atoms with Crippen molar-refractivity contribution in [1.29, 1.82) is 0 Å². The lowest BCUT2D eigenvalue weighted by Gasteiger charge is -2.18. The van der Waals surface area contributed by atoms with E-state index in [-0.39, 0.29) is 11.8 Å². The molecule has 2 aromatic rings. The molecule has 0 unspecified atom stereocenters. The molecule has 0 aliphatic carbocycles. The van der Waals surface area contributed by atoms with Crippen molar-refractivity contribution in [3.05, 3.63) is 23.3 Å². The van der Waals surface area contributed by atoms with Crippen molar-refractivity contribution in [2.24, 2.45) is 5.41 Å². The average Bonchev–Trinajstić information content (AvgIpc) is 2.71. The highest BCUT2D eigenvalue weighted by atomic mass is 35.5. The van der Waals surface area contributed by atoms with Gasteiger partial charge in [-0.2, -0.15) is 0 Å². The lowest BCUT2D eigenvalue weighted by atomic mass is 9.95. The quantitative estimate of drug-likeness (QED) is 0.866. The Morgan fingerprint density at radius 3 is 2.63 bits per heavy atom. The van der Waals surface area contributed by atoms with Gasteiger partial charge in [0.05, 0.1) is 15.6 Å². The highest BCUT2D eigenvalue weighted by Crippen LogP contribution is 2.29. The van der Waals surface area contributed by atoms with Gasteiger partial charge in [-0.25, -0.2) is 4.98 Å². The molecular formula is C14H17ClN2OS. The van der Waals surface area contributed by atoms with Crippen LogP contribution in [-0.4, -0.2) is 16.8 Å². The molecule has 1 aromatic carbocycles. The Balaban J connectivity index is 2.30. The van der Waals surface area contributed by atoms with Gasteiger partial charge in [-0.3, -0.25) is 4.79 Å². The summed E-state index contributed by atoms with van der Waals surface area (Å²) < 4.78 is 1.09. The number of carbonyl (C=O) groups is 1. The van der Waals surface area contributed by atoms with Crippen LogP contribution < -0.4 is 5.32 Å². The van der Waals surface area contributed by atoms with Crippen molar-refractivity contribution < 1.29 is 4.79 Å². The van der Waals surface area contributed by atoms with Gasteiger partial charge in [-0.15, -0.1) is 11.6 Å². The predicted molar refractivity (Wildman–Crippen MR) is 82.2 cm³/mol. The van der Waals surface area contributed by atoms with Gasteiger partial charge in [0.2, 0.25) is 5.91 Å². The number of thiazole rings is 1. The van der Waals surface area contributed by atoms with E-state index in [2.05, 4.69) is 30.2 Å². The summed E-state index contributed by atoms with van der Waals surface area (Å²) in [5.74, 6) is 0.178. The lowest BCUT2D eigenvalue weighted by molar-refractivity contribution is -0.122. The van der Waals surface area contributed by atoms with Gasteiger partial charge in [0.25, 0.3) is 0 Å². The van der Waals surface area contributed by atoms with E-state index in [4.69, 9.17) is 11.6 Å². The first kappa shape index (κ1) is 14.3. The maximum absolute atomic E-state index is 12.0. The summed E-state index contributed by atoms with van der Waals surface area (Å²) in [7, 11) is 0. The fraction of sp³-hybridized carbons (Fsp3) is 0.429. The van der Waals surface area contributed by atoms with Crippen molar-refractivity contribution in [1.82, 2.24) is 4.98 Å². The predicted octanol–water partition coefficient (Wildman–Crippen LogP) is 4.12. The van der Waals surface area contributed by atoms with Crippen molar-refractivity contribution in [3.63, 3.8) is 0 Å². The van der Waals surface area contributed by atoms with E-state index < -0.39 is 5.41 Å². The van der Waals surface area contributed by atoms with Gasteiger partial charge in [-0.1, -0.05) is 11.3 Å². The number of aryl methyl sites for hydroxylation is 2. The zero-order valence-corrected chi connectivity index (χ0v) is 13.1. The highest BCUT2D eigenvalue weighted by Gasteiger charge is 2.27. The summed E-state index contributed by atoms with van der Waals surface area (Å²) in [5, 5.41) is 3.47. The van der Waals surface area contributed by atoms with E-state index in [9.17, 15) is 4.79 Å². The molecule has 102 valence electrons. The number of halogens is 1. The largest absolute Gasteiger partial charge is 0.301 e. The normalized spacial score (nSPS) is 11.8. The highest BCUT2D eigenvalue weighted by molar-refractivity contribution is 7.22. The molecule has 0 saturated heterocycles. The van der Waals surface area contributed by atoms with Crippen molar-refractivity contribution >= 4 is 44.2 Å². The van der Waals surface area contributed by atoms with Crippen LogP contribution in [0.1, 0.15) is 25.0 Å². The minimum absolute atomic E-state index is 0.102. The van der Waals surface area contributed by atoms with Crippen LogP contribution in [0, 0.1) is 19.3 Å². The van der Waals surface area contributed by atoms with Gasteiger partial charge in [0.15, 0.2) is 5.13 Å². The fourth-order valence-corrected chi connectivity index (χ4v) is 2.62. The minimum Gasteiger partial charge on any atom is -0.301 e. The molecule has 2 rings (SSSR count). The smallest absolute Gasteiger partial charge is 0.233 e. The summed E-state index contributed by atoms with van der Waals surface area (Å²) in [6.45, 7) is 7.76. The zero-order chi connectivity index (χ0) is 14.2. The molecule has 1 aromatic heterocycles. The Hall–Kier alpha value is -1.13. The Labute approximate surface area is 122 Å². The zero-order valence-electron chi connectivity index (χ0n) is 11.5. The number of hydrogen-bond acceptors (Lipinski definition) is 3. The van der Waals surface area contributed by atoms with Crippen LogP contribution in [0.5, 0.6) is 0 Å². The number of benzene rings is 1. The van der Waals surface area contributed by atoms with E-state index in [1.807, 2.05) is 19.9 Å². The third-order valence-electron chi connectivity index (χ3n) is 3.17. The first-order valence-electron chi connectivity index (χ1n) is 6.09. The van der Waals surface area contributed by atoms with Crippen molar-refractivity contribution in [2.75, 3.05) is 11.2 Å². The second-order valence-corrected chi connectivity index (χ2v) is 6.69. The number of nitrogens with one attached hydrogen (secondary N) is 1. The number of carbonyl (C=O) groups excluding carboxylic acids is 1. The first-order chi connectivity index (χ1) is 8.83. The van der Waals surface area contributed by atoms with Crippen LogP contribution in [0.2, 0.25) is 0 Å². The van der Waals surface area contributed by atoms with Crippen LogP contribution in [0.15, 0.2) is 12.1 Å². The topological polar surface area (TPSA) is 42.0 Å². The maximum atomic E-state index is 12.0. The summed E-state index contributed by atoms with van der Waals surface area (Å²) in [6.07, 6.45) is 0. The number of rotatable bonds is 3. The Kier molecular flexibility index (Phi) is 3.83. The number of amides is 1. The number of alkyl halides is 1. The fourth-order valence-electron chi connectivity index (χ4n) is 1.56. The molecule has 0 spiro atoms. The Morgan fingerprint density at radius 1 is 1.37 bits per heavy atom. The molecule has 19 heavy (non-hydrogen) atoms. The molecule has 0 saturated carbocycles. The maximum Gasteiger partial charge on any atom is 0.233 e. The molecule has 1 heterocycles. The molecule has 1 N–H and O–H groups in total. The van der Waals surface area contributed by atoms with E-state index in [0.29, 0.717) is 5.13 Å². The van der Waals surface area contributed by atoms with Crippen molar-refractivity contribution in [2.45, 2.75) is 27.7 Å². The average molecular weight is 297 g/mol. The van der Waals surface area contributed by atoms with Gasteiger partial charge >= 0.3 is 0 Å². The second kappa shape index (κ2) is 5.10. The Bertz CT molecular complexity index is 595. The molecule has 0 atom stereocenters. The monoisotopic (exact) mass is 296 g/mol. The third-order valence-corrected chi connectivity index (χ3v) is 4.77. The summed E-state index contributed by atoms with van der Waals surface area (Å²) in [6, 6.07) is 4.15. The van der Waals surface area contributed by atoms with Crippen LogP contribution >= 0.6 is 22.9 Å². The summed E-state index contributed by atoms with van der Waals surface area (Å²) >= 11 is 7.29. The minimum atomic E-state index is -0.592. The van der Waals surface area contributed by atoms with Crippen LogP contribution in [0.25, 0.3) is 10.2 Å². The number of anilines is 1. The van der Waals surface area contributed by atoms with Gasteiger partial charge in [-0.05, 0) is 51.0 Å². The Morgan fingerprint density at radius 2 is 2.00 bits per heavy atom. The van der Waals surface area contributed by atoms with Crippen LogP contribution in [0.4, 0.5) is 5.13 Å². The number of aromatic nitrogens is 1. The molecule has 0 aliphatic heterocycles. The van der Waals surface area contributed by atoms with Crippen LogP contribution in [0.3, 0.4) is 0 Å². The van der Waals surface area contributed by atoms with Crippen molar-refractivity contribution in [3.8, 4) is 0 Å². The second-order valence-electron chi connectivity index (χ2n) is 5.39. The third kappa shape index (κ3) is 2.90. The molecule has 0 fully saturated rings. The van der Waals surface area contributed by atoms with Gasteiger partial charge in [0, 0.05) is 5.88 Å². The molecule has 0 bridgehead atoms. The van der Waals surface area contributed by atoms with Crippen LogP contribution in [-0.2, 0) is 4.79 Å². The summed E-state index contributed by atoms with van der Waals surface area (Å²) in [5.41, 5.74) is 2.77. The molecule has 0 radical (unpaired) electrons. The standard InChI is InChI=1S/C14H17ClN2OS/c1-8-5-10-11(6-9(8)2)19-13(16-10)17-12(18)14(3,4)7-15/h5-6H,7H2,1-4H3,(H,16,17,18). The first-order valence-corrected chi connectivity index (χ1v) is 7.44. The molecule has 1 amide bonds. The van der Waals surface area contributed by atoms with E-state index >= 15 is 0 Å². The number of hydrogen-bond donors (Lipinski definition) is 1. The van der Waals surface area contributed by atoms with Gasteiger partial charge in [0.1, 0.15) is 0 Å². The molecular weight excluding hydrogens is 280 g/mol.